The standard InChI is InChI=1S/C2HF3O3/c3-1(4)2(5,6)8-7-1/h6H. The summed E-state index contributed by atoms with van der Waals surface area (Å²) in [5.41, 5.74) is 0. The maximum Gasteiger partial charge on any atom is 0.472 e. The lowest BCUT2D eigenvalue weighted by atomic mass is 10.5. The third-order valence-electron chi connectivity index (χ3n) is 0.616. The predicted octanol–water partition coefficient (Wildman–Crippen LogP) is 0.157. The van der Waals surface area contributed by atoms with Gasteiger partial charge in [-0.15, -0.1) is 4.89 Å². The van der Waals surface area contributed by atoms with Crippen molar-refractivity contribution in [1.29, 1.82) is 0 Å². The second-order valence-electron chi connectivity index (χ2n) is 1.24. The molecule has 0 aromatic rings. The molecule has 0 radical (unpaired) electrons. The molecule has 1 fully saturated rings. The average molecular weight is 130 g/mol. The van der Waals surface area contributed by atoms with Gasteiger partial charge in [0.25, 0.3) is 0 Å². The van der Waals surface area contributed by atoms with Crippen LogP contribution < -0.4 is 0 Å². The Hall–Kier alpha value is -0.330. The van der Waals surface area contributed by atoms with Gasteiger partial charge in [-0.25, -0.2) is 0 Å². The van der Waals surface area contributed by atoms with Crippen LogP contribution in [0.1, 0.15) is 0 Å². The summed E-state index contributed by atoms with van der Waals surface area (Å²) in [5.74, 6) is 0. The van der Waals surface area contributed by atoms with Gasteiger partial charge in [0.05, 0.1) is 0 Å². The van der Waals surface area contributed by atoms with E-state index in [1.807, 2.05) is 0 Å². The monoisotopic (exact) mass is 130 g/mol. The van der Waals surface area contributed by atoms with Crippen molar-refractivity contribution < 1.29 is 28.1 Å². The van der Waals surface area contributed by atoms with Gasteiger partial charge in [-0.1, -0.05) is 0 Å². The Morgan fingerprint density at radius 1 is 1.12 bits per heavy atom. The van der Waals surface area contributed by atoms with Gasteiger partial charge in [0.2, 0.25) is 0 Å². The van der Waals surface area contributed by atoms with Crippen molar-refractivity contribution in [2.75, 3.05) is 0 Å². The SMILES string of the molecule is OC1(F)OOC1(F)F. The third-order valence-corrected chi connectivity index (χ3v) is 0.616. The van der Waals surface area contributed by atoms with Gasteiger partial charge in [0, 0.05) is 0 Å². The highest BCUT2D eigenvalue weighted by molar-refractivity contribution is 4.67. The lowest BCUT2D eigenvalue weighted by Gasteiger charge is -2.33. The van der Waals surface area contributed by atoms with Crippen LogP contribution in [0.3, 0.4) is 0 Å². The van der Waals surface area contributed by atoms with E-state index in [4.69, 9.17) is 5.11 Å². The van der Waals surface area contributed by atoms with Crippen LogP contribution in [0.4, 0.5) is 13.2 Å². The van der Waals surface area contributed by atoms with E-state index in [0.29, 0.717) is 0 Å². The fourth-order valence-corrected chi connectivity index (χ4v) is 0.173. The summed E-state index contributed by atoms with van der Waals surface area (Å²) in [6, 6.07) is -3.94. The molecule has 0 amide bonds. The Labute approximate surface area is 41.5 Å². The molecule has 6 heteroatoms. The van der Waals surface area contributed by atoms with Gasteiger partial charge < -0.3 is 5.11 Å². The molecule has 0 spiro atoms. The van der Waals surface area contributed by atoms with E-state index in [1.165, 1.54) is 0 Å². The van der Waals surface area contributed by atoms with Crippen molar-refractivity contribution in [2.24, 2.45) is 0 Å². The number of aliphatic hydroxyl groups is 1. The largest absolute Gasteiger partial charge is 0.472 e. The molecule has 0 aromatic carbocycles. The van der Waals surface area contributed by atoms with Gasteiger partial charge in [0.15, 0.2) is 0 Å². The van der Waals surface area contributed by atoms with Gasteiger partial charge >= 0.3 is 12.1 Å². The molecule has 1 rings (SSSR count). The van der Waals surface area contributed by atoms with E-state index < -0.39 is 12.1 Å². The molecular weight excluding hydrogens is 129 g/mol. The molecule has 1 aliphatic heterocycles. The maximum atomic E-state index is 11.4. The minimum Gasteiger partial charge on any atom is -0.331 e. The molecule has 0 aliphatic carbocycles. The molecule has 1 unspecified atom stereocenters. The van der Waals surface area contributed by atoms with Crippen molar-refractivity contribution in [3.8, 4) is 0 Å². The average Bonchev–Trinajstić information content (AvgIpc) is 1.64. The van der Waals surface area contributed by atoms with Crippen LogP contribution in [0.2, 0.25) is 0 Å². The summed E-state index contributed by atoms with van der Waals surface area (Å²) in [6.45, 7) is 0. The predicted molar refractivity (Wildman–Crippen MR) is 13.2 cm³/mol. The van der Waals surface area contributed by atoms with Crippen LogP contribution >= 0.6 is 0 Å². The molecule has 1 N–H and O–H groups in total. The fraction of sp³-hybridized carbons (Fsp3) is 1.00. The van der Waals surface area contributed by atoms with Gasteiger partial charge in [-0.3, -0.25) is 0 Å². The molecule has 0 saturated carbocycles. The lowest BCUT2D eigenvalue weighted by Crippen LogP contribution is -2.58. The number of alkyl halides is 3. The van der Waals surface area contributed by atoms with Gasteiger partial charge in [-0.05, 0) is 0 Å². The van der Waals surface area contributed by atoms with Crippen molar-refractivity contribution in [3.05, 3.63) is 0 Å². The first kappa shape index (κ1) is 5.80. The Kier molecular flexibility index (Phi) is 0.832. The zero-order valence-corrected chi connectivity index (χ0v) is 3.40. The van der Waals surface area contributed by atoms with Crippen molar-refractivity contribution in [1.82, 2.24) is 0 Å². The van der Waals surface area contributed by atoms with Crippen LogP contribution in [0, 0.1) is 0 Å². The summed E-state index contributed by atoms with van der Waals surface area (Å²) in [5, 5.41) is 7.68. The molecular formula is C2HF3O3. The Balaban J connectivity index is 2.63. The normalized spacial score (nSPS) is 43.5. The van der Waals surface area contributed by atoms with Crippen LogP contribution in [-0.4, -0.2) is 17.3 Å². The number of hydrogen-bond donors (Lipinski definition) is 1. The summed E-state index contributed by atoms with van der Waals surface area (Å²) in [6.07, 6.45) is -4.22. The minimum atomic E-state index is -4.22. The first-order valence-corrected chi connectivity index (χ1v) is 1.62. The summed E-state index contributed by atoms with van der Waals surface area (Å²) < 4.78 is 34.1. The topological polar surface area (TPSA) is 38.7 Å². The van der Waals surface area contributed by atoms with Crippen LogP contribution in [0.15, 0.2) is 0 Å². The number of hydrogen-bond acceptors (Lipinski definition) is 3. The highest BCUT2D eigenvalue weighted by Crippen LogP contribution is 2.41. The smallest absolute Gasteiger partial charge is 0.331 e. The van der Waals surface area contributed by atoms with E-state index in [2.05, 4.69) is 9.78 Å². The molecule has 0 bridgehead atoms. The van der Waals surface area contributed by atoms with Crippen molar-refractivity contribution in [2.45, 2.75) is 12.1 Å². The second-order valence-corrected chi connectivity index (χ2v) is 1.24. The van der Waals surface area contributed by atoms with Crippen LogP contribution in [-0.2, 0) is 9.78 Å². The maximum absolute atomic E-state index is 11.4. The van der Waals surface area contributed by atoms with Gasteiger partial charge in [-0.2, -0.15) is 18.1 Å². The van der Waals surface area contributed by atoms with Crippen molar-refractivity contribution >= 4 is 0 Å². The Morgan fingerprint density at radius 2 is 1.50 bits per heavy atom. The first-order valence-electron chi connectivity index (χ1n) is 1.62. The lowest BCUT2D eigenvalue weighted by molar-refractivity contribution is -0.699. The van der Waals surface area contributed by atoms with E-state index in [-0.39, 0.29) is 0 Å². The van der Waals surface area contributed by atoms with Crippen LogP contribution in [0.5, 0.6) is 0 Å². The summed E-state index contributed by atoms with van der Waals surface area (Å²) in [4.78, 5) is 5.85. The van der Waals surface area contributed by atoms with E-state index in [1.54, 1.807) is 0 Å². The van der Waals surface area contributed by atoms with E-state index >= 15 is 0 Å². The fourth-order valence-electron chi connectivity index (χ4n) is 0.173. The molecule has 1 heterocycles. The highest BCUT2D eigenvalue weighted by atomic mass is 19.3. The molecule has 48 valence electrons. The molecule has 1 saturated heterocycles. The second kappa shape index (κ2) is 1.15. The number of halogens is 3. The van der Waals surface area contributed by atoms with Crippen molar-refractivity contribution in [3.63, 3.8) is 0 Å². The zero-order valence-electron chi connectivity index (χ0n) is 3.40. The summed E-state index contributed by atoms with van der Waals surface area (Å²) >= 11 is 0. The minimum absolute atomic E-state index is 2.88. The number of rotatable bonds is 0. The Bertz CT molecular complexity index is 97.1. The zero-order chi connectivity index (χ0) is 6.41. The molecule has 8 heavy (non-hydrogen) atoms. The Morgan fingerprint density at radius 3 is 1.50 bits per heavy atom. The first-order chi connectivity index (χ1) is 3.46. The molecule has 1 atom stereocenters. The molecule has 3 nitrogen and oxygen atoms in total. The quantitative estimate of drug-likeness (QED) is 0.474. The summed E-state index contributed by atoms with van der Waals surface area (Å²) in [7, 11) is 0. The van der Waals surface area contributed by atoms with E-state index in [9.17, 15) is 13.2 Å². The van der Waals surface area contributed by atoms with Crippen LogP contribution in [0.25, 0.3) is 0 Å². The third kappa shape index (κ3) is 0.504. The molecule has 0 aromatic heterocycles. The van der Waals surface area contributed by atoms with Gasteiger partial charge in [0.1, 0.15) is 0 Å². The van der Waals surface area contributed by atoms with E-state index in [0.717, 1.165) is 0 Å². The highest BCUT2D eigenvalue weighted by Gasteiger charge is 2.69. The molecule has 1 aliphatic rings.